The van der Waals surface area contributed by atoms with Crippen molar-refractivity contribution in [3.05, 3.63) is 119 Å². The maximum atomic E-state index is 13.3. The topological polar surface area (TPSA) is 94.2 Å². The van der Waals surface area contributed by atoms with Crippen LogP contribution in [0, 0.1) is 0 Å². The van der Waals surface area contributed by atoms with E-state index in [1.807, 2.05) is 49.4 Å². The van der Waals surface area contributed by atoms with E-state index in [2.05, 4.69) is 12.2 Å². The molecular formula is C40H46N2O6. The van der Waals surface area contributed by atoms with E-state index >= 15 is 0 Å². The minimum atomic E-state index is -0.480. The van der Waals surface area contributed by atoms with Gasteiger partial charge in [-0.05, 0) is 85.1 Å². The maximum Gasteiger partial charge on any atom is 0.347 e. The Labute approximate surface area is 284 Å². The van der Waals surface area contributed by atoms with E-state index in [-0.39, 0.29) is 18.2 Å². The molecule has 0 bridgehead atoms. The molecule has 0 atom stereocenters. The molecule has 8 heteroatoms. The third-order valence-corrected chi connectivity index (χ3v) is 7.98. The number of carbonyl (C=O) groups excluding carboxylic acids is 3. The number of ether oxygens (including phenoxy) is 3. The van der Waals surface area contributed by atoms with Gasteiger partial charge >= 0.3 is 5.97 Å². The van der Waals surface area contributed by atoms with Gasteiger partial charge in [0.25, 0.3) is 5.91 Å². The number of nitrogens with zero attached hydrogens (tertiary/aromatic N) is 1. The van der Waals surface area contributed by atoms with E-state index in [9.17, 15) is 14.4 Å². The van der Waals surface area contributed by atoms with Crippen molar-refractivity contribution in [3.63, 3.8) is 0 Å². The largest absolute Gasteiger partial charge is 0.497 e. The van der Waals surface area contributed by atoms with Gasteiger partial charge in [0.2, 0.25) is 5.91 Å². The second kappa shape index (κ2) is 18.9. The quantitative estimate of drug-likeness (QED) is 0.0659. The number of nitrogens with one attached hydrogen (secondary N) is 1. The molecule has 48 heavy (non-hydrogen) atoms. The molecule has 0 aliphatic heterocycles. The normalized spacial score (nSPS) is 10.6. The zero-order valence-electron chi connectivity index (χ0n) is 28.2. The molecule has 0 spiro atoms. The summed E-state index contributed by atoms with van der Waals surface area (Å²) in [5, 5.41) is 2.88. The third kappa shape index (κ3) is 11.0. The Balaban J connectivity index is 1.27. The van der Waals surface area contributed by atoms with Crippen LogP contribution in [0.4, 0.5) is 5.69 Å². The van der Waals surface area contributed by atoms with Crippen LogP contribution in [0.2, 0.25) is 0 Å². The molecule has 0 saturated carbocycles. The molecule has 0 fully saturated rings. The first-order valence-corrected chi connectivity index (χ1v) is 16.7. The van der Waals surface area contributed by atoms with Crippen LogP contribution in [0.1, 0.15) is 84.2 Å². The Hall–Kier alpha value is -5.11. The van der Waals surface area contributed by atoms with Crippen molar-refractivity contribution in [2.24, 2.45) is 0 Å². The fraction of sp³-hybridized carbons (Fsp3) is 0.325. The molecule has 0 saturated heterocycles. The van der Waals surface area contributed by atoms with Crippen molar-refractivity contribution in [1.29, 1.82) is 0 Å². The first kappa shape index (κ1) is 35.7. The molecule has 0 aromatic heterocycles. The Morgan fingerprint density at radius 2 is 1.35 bits per heavy atom. The van der Waals surface area contributed by atoms with Gasteiger partial charge in [-0.3, -0.25) is 9.59 Å². The van der Waals surface area contributed by atoms with Crippen molar-refractivity contribution in [2.75, 3.05) is 25.6 Å². The number of anilines is 1. The molecule has 2 amide bonds. The minimum Gasteiger partial charge on any atom is -0.497 e. The fourth-order valence-electron chi connectivity index (χ4n) is 5.21. The molecule has 4 aromatic carbocycles. The lowest BCUT2D eigenvalue weighted by Crippen LogP contribution is -2.30. The molecule has 4 aromatic rings. The summed E-state index contributed by atoms with van der Waals surface area (Å²) >= 11 is 0. The summed E-state index contributed by atoms with van der Waals surface area (Å²) in [5.41, 5.74) is 3.30. The van der Waals surface area contributed by atoms with Gasteiger partial charge in [-0.25, -0.2) is 4.79 Å². The summed E-state index contributed by atoms with van der Waals surface area (Å²) in [6, 6.07) is 28.5. The minimum absolute atomic E-state index is 0.123. The number of hydrogen-bond donors (Lipinski definition) is 1. The van der Waals surface area contributed by atoms with Gasteiger partial charge < -0.3 is 24.4 Å². The lowest BCUT2D eigenvalue weighted by atomic mass is 10.1. The van der Waals surface area contributed by atoms with Gasteiger partial charge in [0, 0.05) is 24.3 Å². The standard InChI is InChI=1S/C40H46N2O6/c1-4-6-7-8-9-12-27-47-37-14-11-10-13-36(37)40(45)48-35-25-17-31(18-26-35)29-42(5-2)39(44)32-19-21-33(22-20-32)41-38(43)28-30-15-23-34(46-3)24-16-30/h10-11,13-26H,4-9,12,27-29H2,1-3H3,(H,41,43). The van der Waals surface area contributed by atoms with E-state index in [4.69, 9.17) is 14.2 Å². The van der Waals surface area contributed by atoms with Gasteiger partial charge in [0.05, 0.1) is 20.1 Å². The monoisotopic (exact) mass is 650 g/mol. The number of carbonyl (C=O) groups is 3. The van der Waals surface area contributed by atoms with Crippen LogP contribution in [0.5, 0.6) is 17.2 Å². The molecular weight excluding hydrogens is 604 g/mol. The Morgan fingerprint density at radius 1 is 0.708 bits per heavy atom. The molecule has 0 radical (unpaired) electrons. The Kier molecular flexibility index (Phi) is 14.1. The summed E-state index contributed by atoms with van der Waals surface area (Å²) < 4.78 is 16.8. The SMILES string of the molecule is CCCCCCCCOc1ccccc1C(=O)Oc1ccc(CN(CC)C(=O)c2ccc(NC(=O)Cc3ccc(OC)cc3)cc2)cc1. The summed E-state index contributed by atoms with van der Waals surface area (Å²) in [6.07, 6.45) is 7.21. The highest BCUT2D eigenvalue weighted by molar-refractivity contribution is 5.96. The van der Waals surface area contributed by atoms with Gasteiger partial charge in [-0.1, -0.05) is 75.4 Å². The first-order valence-electron chi connectivity index (χ1n) is 16.7. The number of methoxy groups -OCH3 is 1. The zero-order valence-corrected chi connectivity index (χ0v) is 28.2. The second-order valence-electron chi connectivity index (χ2n) is 11.6. The predicted molar refractivity (Wildman–Crippen MR) is 189 cm³/mol. The third-order valence-electron chi connectivity index (χ3n) is 7.98. The van der Waals surface area contributed by atoms with E-state index in [0.717, 1.165) is 29.7 Å². The number of rotatable bonds is 18. The smallest absolute Gasteiger partial charge is 0.347 e. The number of hydrogen-bond acceptors (Lipinski definition) is 6. The molecule has 0 unspecified atom stereocenters. The second-order valence-corrected chi connectivity index (χ2v) is 11.6. The van der Waals surface area contributed by atoms with Gasteiger partial charge in [0.15, 0.2) is 0 Å². The maximum absolute atomic E-state index is 13.3. The summed E-state index contributed by atoms with van der Waals surface area (Å²) in [6.45, 7) is 5.58. The number of unbranched alkanes of at least 4 members (excludes halogenated alkanes) is 5. The molecule has 0 heterocycles. The summed E-state index contributed by atoms with van der Waals surface area (Å²) in [5.74, 6) is 0.917. The number of benzene rings is 4. The molecule has 8 nitrogen and oxygen atoms in total. The van der Waals surface area contributed by atoms with Crippen molar-refractivity contribution in [1.82, 2.24) is 4.90 Å². The van der Waals surface area contributed by atoms with Crippen molar-refractivity contribution in [3.8, 4) is 17.2 Å². The van der Waals surface area contributed by atoms with Crippen molar-refractivity contribution in [2.45, 2.75) is 65.3 Å². The van der Waals surface area contributed by atoms with Crippen molar-refractivity contribution >= 4 is 23.5 Å². The van der Waals surface area contributed by atoms with E-state index in [1.54, 1.807) is 66.6 Å². The van der Waals surface area contributed by atoms with E-state index in [1.165, 1.54) is 25.7 Å². The number of esters is 1. The highest BCUT2D eigenvalue weighted by Gasteiger charge is 2.17. The van der Waals surface area contributed by atoms with E-state index < -0.39 is 5.97 Å². The van der Waals surface area contributed by atoms with Crippen LogP contribution < -0.4 is 19.5 Å². The van der Waals surface area contributed by atoms with Gasteiger partial charge in [0.1, 0.15) is 22.8 Å². The molecule has 0 aliphatic rings. The first-order chi connectivity index (χ1) is 23.4. The van der Waals surface area contributed by atoms with Crippen molar-refractivity contribution < 1.29 is 28.6 Å². The van der Waals surface area contributed by atoms with Crippen LogP contribution in [-0.2, 0) is 17.8 Å². The fourth-order valence-corrected chi connectivity index (χ4v) is 5.21. The van der Waals surface area contributed by atoms with E-state index in [0.29, 0.717) is 48.0 Å². The van der Waals surface area contributed by atoms with Crippen LogP contribution in [-0.4, -0.2) is 42.9 Å². The van der Waals surface area contributed by atoms with Gasteiger partial charge in [-0.15, -0.1) is 0 Å². The Morgan fingerprint density at radius 3 is 2.04 bits per heavy atom. The molecule has 0 aliphatic carbocycles. The van der Waals surface area contributed by atoms with Crippen LogP contribution in [0.25, 0.3) is 0 Å². The van der Waals surface area contributed by atoms with Crippen LogP contribution >= 0.6 is 0 Å². The molecule has 4 rings (SSSR count). The highest BCUT2D eigenvalue weighted by atomic mass is 16.5. The summed E-state index contributed by atoms with van der Waals surface area (Å²) in [7, 11) is 1.60. The highest BCUT2D eigenvalue weighted by Crippen LogP contribution is 2.23. The number of amides is 2. The van der Waals surface area contributed by atoms with Crippen LogP contribution in [0.3, 0.4) is 0 Å². The Bertz CT molecular complexity index is 1600. The lowest BCUT2D eigenvalue weighted by Gasteiger charge is -2.21. The molecule has 1 N–H and O–H groups in total. The lowest BCUT2D eigenvalue weighted by molar-refractivity contribution is -0.115. The average Bonchev–Trinajstić information content (AvgIpc) is 3.11. The zero-order chi connectivity index (χ0) is 34.1. The summed E-state index contributed by atoms with van der Waals surface area (Å²) in [4.78, 5) is 40.6. The predicted octanol–water partition coefficient (Wildman–Crippen LogP) is 8.50. The van der Waals surface area contributed by atoms with Crippen LogP contribution in [0.15, 0.2) is 97.1 Å². The number of para-hydroxylation sites is 1. The molecule has 252 valence electrons. The average molecular weight is 651 g/mol. The van der Waals surface area contributed by atoms with Gasteiger partial charge in [-0.2, -0.15) is 0 Å².